The molecule has 0 radical (unpaired) electrons. The maximum atomic E-state index is 4.68. The minimum Gasteiger partial charge on any atom is -0.338 e. The highest BCUT2D eigenvalue weighted by atomic mass is 32.2. The van der Waals surface area contributed by atoms with Gasteiger partial charge in [0.05, 0.1) is 20.9 Å². The molecule has 0 saturated carbocycles. The first-order valence-electron chi connectivity index (χ1n) is 6.39. The lowest BCUT2D eigenvalue weighted by molar-refractivity contribution is 1.18. The van der Waals surface area contributed by atoms with E-state index < -0.39 is 0 Å². The molecule has 2 nitrogen and oxygen atoms in total. The lowest BCUT2D eigenvalue weighted by Crippen LogP contribution is -2.08. The molecule has 0 fully saturated rings. The van der Waals surface area contributed by atoms with Crippen LogP contribution in [0, 0.1) is 0 Å². The maximum absolute atomic E-state index is 4.68. The van der Waals surface area contributed by atoms with E-state index in [1.165, 1.54) is 20.3 Å². The number of para-hydroxylation sites is 2. The number of fused-ring (bicyclic) bond motifs is 2. The van der Waals surface area contributed by atoms with Gasteiger partial charge >= 0.3 is 0 Å². The number of rotatable bonds is 1. The molecule has 2 heterocycles. The molecule has 2 aromatic carbocycles. The highest BCUT2D eigenvalue weighted by Crippen LogP contribution is 2.45. The SMILES string of the molecule is CN1/C(=C/c2nc3ccccc3s2)Sc2ccccc21. The zero-order chi connectivity index (χ0) is 13.5. The molecule has 3 aromatic rings. The van der Waals surface area contributed by atoms with Crippen LogP contribution in [0.25, 0.3) is 16.3 Å². The monoisotopic (exact) mass is 296 g/mol. The number of hydrogen-bond acceptors (Lipinski definition) is 4. The molecular weight excluding hydrogens is 284 g/mol. The molecule has 0 atom stereocenters. The van der Waals surface area contributed by atoms with E-state index in [2.05, 4.69) is 65.5 Å². The Morgan fingerprint density at radius 2 is 1.85 bits per heavy atom. The van der Waals surface area contributed by atoms with E-state index in [9.17, 15) is 0 Å². The zero-order valence-corrected chi connectivity index (χ0v) is 12.5. The fraction of sp³-hybridized carbons (Fsp3) is 0.0625. The van der Waals surface area contributed by atoms with Crippen LogP contribution in [-0.4, -0.2) is 12.0 Å². The van der Waals surface area contributed by atoms with Crippen molar-refractivity contribution >= 4 is 45.1 Å². The highest BCUT2D eigenvalue weighted by molar-refractivity contribution is 8.03. The van der Waals surface area contributed by atoms with Crippen molar-refractivity contribution in [2.75, 3.05) is 11.9 Å². The van der Waals surface area contributed by atoms with Gasteiger partial charge in [-0.05, 0) is 24.3 Å². The number of thiazole rings is 1. The summed E-state index contributed by atoms with van der Waals surface area (Å²) < 4.78 is 1.24. The van der Waals surface area contributed by atoms with Gasteiger partial charge in [0.25, 0.3) is 0 Å². The summed E-state index contributed by atoms with van der Waals surface area (Å²) in [4.78, 5) is 8.21. The van der Waals surface area contributed by atoms with Crippen LogP contribution in [-0.2, 0) is 0 Å². The largest absolute Gasteiger partial charge is 0.338 e. The minimum absolute atomic E-state index is 1.06. The van der Waals surface area contributed by atoms with Crippen molar-refractivity contribution in [3.8, 4) is 0 Å². The Kier molecular flexibility index (Phi) is 2.79. The van der Waals surface area contributed by atoms with Gasteiger partial charge in [0.2, 0.25) is 0 Å². The summed E-state index contributed by atoms with van der Waals surface area (Å²) in [7, 11) is 2.11. The minimum atomic E-state index is 1.06. The molecule has 4 rings (SSSR count). The van der Waals surface area contributed by atoms with Crippen molar-refractivity contribution in [2.24, 2.45) is 0 Å². The van der Waals surface area contributed by atoms with Crippen molar-refractivity contribution in [3.63, 3.8) is 0 Å². The van der Waals surface area contributed by atoms with Gasteiger partial charge in [-0.25, -0.2) is 4.98 Å². The average Bonchev–Trinajstić information content (AvgIpc) is 3.01. The quantitative estimate of drug-likeness (QED) is 0.639. The van der Waals surface area contributed by atoms with Crippen LogP contribution in [0.2, 0.25) is 0 Å². The predicted octanol–water partition coefficient (Wildman–Crippen LogP) is 4.84. The Morgan fingerprint density at radius 1 is 1.05 bits per heavy atom. The lowest BCUT2D eigenvalue weighted by Gasteiger charge is -2.12. The van der Waals surface area contributed by atoms with Gasteiger partial charge < -0.3 is 4.90 Å². The highest BCUT2D eigenvalue weighted by Gasteiger charge is 2.21. The van der Waals surface area contributed by atoms with Crippen LogP contribution in [0.5, 0.6) is 0 Å². The van der Waals surface area contributed by atoms with E-state index >= 15 is 0 Å². The third-order valence-corrected chi connectivity index (χ3v) is 5.48. The molecule has 20 heavy (non-hydrogen) atoms. The third-order valence-electron chi connectivity index (χ3n) is 3.33. The number of hydrogen-bond donors (Lipinski definition) is 0. The summed E-state index contributed by atoms with van der Waals surface area (Å²) in [6.45, 7) is 0. The third kappa shape index (κ3) is 1.92. The van der Waals surface area contributed by atoms with Crippen LogP contribution in [0.1, 0.15) is 5.01 Å². The molecule has 0 amide bonds. The standard InChI is InChI=1S/C16H12N2S2/c1-18-12-7-3-5-9-14(12)20-16(18)10-15-17-11-6-2-4-8-13(11)19-15/h2-10H,1H3/b16-10-. The Morgan fingerprint density at radius 3 is 2.70 bits per heavy atom. The number of benzene rings is 2. The molecule has 0 spiro atoms. The number of nitrogens with zero attached hydrogens (tertiary/aromatic N) is 2. The molecule has 0 unspecified atom stereocenters. The van der Waals surface area contributed by atoms with Crippen molar-refractivity contribution in [1.29, 1.82) is 0 Å². The van der Waals surface area contributed by atoms with E-state index in [1.807, 2.05) is 6.07 Å². The fourth-order valence-corrected chi connectivity index (χ4v) is 4.37. The number of aromatic nitrogens is 1. The Labute approximate surface area is 125 Å². The molecular formula is C16H12N2S2. The molecule has 0 saturated heterocycles. The van der Waals surface area contributed by atoms with E-state index in [0.717, 1.165) is 10.5 Å². The average molecular weight is 296 g/mol. The molecule has 1 aliphatic rings. The van der Waals surface area contributed by atoms with Gasteiger partial charge in [-0.15, -0.1) is 11.3 Å². The second-order valence-corrected chi connectivity index (χ2v) is 6.76. The van der Waals surface area contributed by atoms with Crippen molar-refractivity contribution in [2.45, 2.75) is 4.90 Å². The van der Waals surface area contributed by atoms with Gasteiger partial charge in [-0.3, -0.25) is 0 Å². The molecule has 4 heteroatoms. The van der Waals surface area contributed by atoms with E-state index in [-0.39, 0.29) is 0 Å². The number of thioether (sulfide) groups is 1. The summed E-state index contributed by atoms with van der Waals surface area (Å²) >= 11 is 3.54. The Hall–Kier alpha value is -1.78. The van der Waals surface area contributed by atoms with Crippen LogP contribution in [0.4, 0.5) is 5.69 Å². The maximum Gasteiger partial charge on any atom is 0.119 e. The molecule has 1 aliphatic heterocycles. The Balaban J connectivity index is 1.75. The zero-order valence-electron chi connectivity index (χ0n) is 10.9. The van der Waals surface area contributed by atoms with Crippen LogP contribution < -0.4 is 4.90 Å². The van der Waals surface area contributed by atoms with Gasteiger partial charge in [0.1, 0.15) is 5.01 Å². The summed E-state index contributed by atoms with van der Waals surface area (Å²) in [6.07, 6.45) is 2.18. The summed E-state index contributed by atoms with van der Waals surface area (Å²) in [5, 5.41) is 2.29. The molecule has 0 aliphatic carbocycles. The number of anilines is 1. The normalized spacial score (nSPS) is 16.1. The van der Waals surface area contributed by atoms with Gasteiger partial charge in [-0.1, -0.05) is 36.0 Å². The van der Waals surface area contributed by atoms with Crippen LogP contribution in [0.15, 0.2) is 58.5 Å². The second kappa shape index (κ2) is 4.65. The van der Waals surface area contributed by atoms with Crippen LogP contribution in [0.3, 0.4) is 0 Å². The van der Waals surface area contributed by atoms with Crippen molar-refractivity contribution in [1.82, 2.24) is 4.98 Å². The molecule has 1 aromatic heterocycles. The fourth-order valence-electron chi connectivity index (χ4n) is 2.30. The topological polar surface area (TPSA) is 16.1 Å². The van der Waals surface area contributed by atoms with Gasteiger partial charge in [-0.2, -0.15) is 0 Å². The second-order valence-electron chi connectivity index (χ2n) is 4.63. The van der Waals surface area contributed by atoms with Gasteiger partial charge in [0.15, 0.2) is 0 Å². The van der Waals surface area contributed by atoms with Crippen molar-refractivity contribution < 1.29 is 0 Å². The lowest BCUT2D eigenvalue weighted by atomic mass is 10.3. The summed E-state index contributed by atoms with van der Waals surface area (Å²) in [5.74, 6) is 0. The Bertz CT molecular complexity index is 787. The first-order valence-corrected chi connectivity index (χ1v) is 8.02. The van der Waals surface area contributed by atoms with E-state index in [4.69, 9.17) is 0 Å². The van der Waals surface area contributed by atoms with Crippen LogP contribution >= 0.6 is 23.1 Å². The molecule has 0 N–H and O–H groups in total. The molecule has 98 valence electrons. The van der Waals surface area contributed by atoms with Crippen molar-refractivity contribution in [3.05, 3.63) is 58.6 Å². The smallest absolute Gasteiger partial charge is 0.119 e. The first kappa shape index (κ1) is 12.0. The summed E-state index contributed by atoms with van der Waals surface area (Å²) in [6, 6.07) is 16.8. The van der Waals surface area contributed by atoms with E-state index in [1.54, 1.807) is 23.1 Å². The molecule has 0 bridgehead atoms. The van der Waals surface area contributed by atoms with E-state index in [0.29, 0.717) is 0 Å². The predicted molar refractivity (Wildman–Crippen MR) is 88.3 cm³/mol. The first-order chi connectivity index (χ1) is 9.81. The van der Waals surface area contributed by atoms with Gasteiger partial charge in [0, 0.05) is 18.0 Å². The summed E-state index contributed by atoms with van der Waals surface area (Å²) in [5.41, 5.74) is 2.34.